The van der Waals surface area contributed by atoms with Crippen LogP contribution < -0.4 is 5.73 Å². The molecule has 2 aromatic carbocycles. The lowest BCUT2D eigenvalue weighted by Gasteiger charge is -2.31. The van der Waals surface area contributed by atoms with Gasteiger partial charge in [-0.3, -0.25) is 28.5 Å². The van der Waals surface area contributed by atoms with E-state index in [1.54, 1.807) is 30.3 Å². The molecular weight excluding hydrogens is 533 g/mol. The number of hydrogen-bond donors (Lipinski definition) is 2. The Kier molecular flexibility index (Phi) is 6.20. The molecule has 0 aromatic heterocycles. The fraction of sp³-hybridized carbons (Fsp3) is 0.250. The lowest BCUT2D eigenvalue weighted by molar-refractivity contribution is -0.117. The number of esters is 1. The number of ether oxygens (including phenoxy) is 2. The van der Waals surface area contributed by atoms with Crippen LogP contribution in [0.5, 0.6) is 0 Å². The zero-order valence-corrected chi connectivity index (χ0v) is 20.8. The van der Waals surface area contributed by atoms with Gasteiger partial charge in [0.05, 0.1) is 18.5 Å². The van der Waals surface area contributed by atoms with Gasteiger partial charge in [-0.2, -0.15) is 9.98 Å². The van der Waals surface area contributed by atoms with E-state index in [2.05, 4.69) is 15.0 Å². The first-order valence-electron chi connectivity index (χ1n) is 11.7. The number of fused-ring (bicyclic) bond motifs is 2. The lowest BCUT2D eigenvalue weighted by Crippen LogP contribution is -2.51. The third-order valence-corrected chi connectivity index (χ3v) is 7.40. The molecule has 4 aliphatic rings. The van der Waals surface area contributed by atoms with E-state index in [9.17, 15) is 23.8 Å². The third-order valence-electron chi connectivity index (χ3n) is 6.42. The topological polar surface area (TPSA) is 192 Å². The van der Waals surface area contributed by atoms with Crippen LogP contribution in [-0.2, 0) is 27.9 Å². The molecule has 2 aromatic rings. The van der Waals surface area contributed by atoms with Gasteiger partial charge in [0.25, 0.3) is 5.91 Å². The number of benzene rings is 2. The summed E-state index contributed by atoms with van der Waals surface area (Å²) in [5.74, 6) is -1.86. The maximum absolute atomic E-state index is 13.2. The highest BCUT2D eigenvalue weighted by Gasteiger charge is 2.57. The van der Waals surface area contributed by atoms with Crippen molar-refractivity contribution >= 4 is 43.6 Å². The number of carbonyl (C=O) groups excluding carboxylic acids is 3. The molecule has 4 heterocycles. The molecule has 6 atom stereocenters. The van der Waals surface area contributed by atoms with Gasteiger partial charge in [-0.1, -0.05) is 42.5 Å². The Morgan fingerprint density at radius 2 is 1.74 bits per heavy atom. The van der Waals surface area contributed by atoms with Gasteiger partial charge in [0.2, 0.25) is 5.96 Å². The number of carbonyl (C=O) groups is 3. The summed E-state index contributed by atoms with van der Waals surface area (Å²) in [6, 6.07) is 13.4. The number of phosphoric acid groups is 1. The number of nitrogens with zero attached hydrogens (tertiary/aromatic N) is 4. The van der Waals surface area contributed by atoms with Gasteiger partial charge in [0, 0.05) is 11.1 Å². The molecule has 1 amide bonds. The van der Waals surface area contributed by atoms with E-state index in [0.717, 1.165) is 0 Å². The SMILES string of the molecule is NC1=NC(=O)C2N=CN([C@@H]3O[C@@H]4COP(=O)(O)O[C@H]4[C@H]3OC(=O)c3ccc(C(=O)c4ccccc4)cc3)C2=N1. The molecule has 2 saturated heterocycles. The predicted molar refractivity (Wildman–Crippen MR) is 133 cm³/mol. The minimum atomic E-state index is -4.45. The van der Waals surface area contributed by atoms with Gasteiger partial charge >= 0.3 is 13.8 Å². The molecule has 0 aliphatic carbocycles. The fourth-order valence-electron chi connectivity index (χ4n) is 4.59. The molecule has 4 aliphatic heterocycles. The van der Waals surface area contributed by atoms with E-state index in [0.29, 0.717) is 11.1 Å². The number of aliphatic imine (C=N–C) groups is 3. The Morgan fingerprint density at radius 1 is 1.05 bits per heavy atom. The number of ketones is 1. The van der Waals surface area contributed by atoms with Crippen LogP contribution in [0.1, 0.15) is 26.3 Å². The Hall–Kier alpha value is -4.07. The van der Waals surface area contributed by atoms with Crippen molar-refractivity contribution in [3.63, 3.8) is 0 Å². The number of amidine groups is 1. The maximum atomic E-state index is 13.2. The van der Waals surface area contributed by atoms with E-state index >= 15 is 0 Å². The van der Waals surface area contributed by atoms with E-state index in [1.807, 2.05) is 0 Å². The standard InChI is InChI=1S/C24H20N5O9P/c25-24-27-20-16(21(31)28-24)26-11-29(20)22-19(18-15(36-22)10-35-39(33,34)38-18)37-23(32)14-8-6-13(7-9-14)17(30)12-4-2-1-3-5-12/h1-9,11,15-16,18-19,22H,10H2,(H,33,34)(H2,25,28,31)/t15-,16?,18-,19-,22-/m1/s1. The van der Waals surface area contributed by atoms with Gasteiger partial charge < -0.3 is 20.1 Å². The summed E-state index contributed by atoms with van der Waals surface area (Å²) in [5, 5.41) is 0. The van der Waals surface area contributed by atoms with Crippen molar-refractivity contribution in [2.75, 3.05) is 6.61 Å². The summed E-state index contributed by atoms with van der Waals surface area (Å²) >= 11 is 0. The van der Waals surface area contributed by atoms with Gasteiger partial charge in [-0.05, 0) is 12.1 Å². The summed E-state index contributed by atoms with van der Waals surface area (Å²) in [6.07, 6.45) is -3.26. The highest BCUT2D eigenvalue weighted by molar-refractivity contribution is 7.47. The first-order chi connectivity index (χ1) is 18.7. The van der Waals surface area contributed by atoms with Crippen LogP contribution in [0.25, 0.3) is 0 Å². The summed E-state index contributed by atoms with van der Waals surface area (Å²) < 4.78 is 34.0. The van der Waals surface area contributed by atoms with E-state index in [-0.39, 0.29) is 29.7 Å². The molecule has 2 unspecified atom stereocenters. The molecule has 14 nitrogen and oxygen atoms in total. The van der Waals surface area contributed by atoms with Gasteiger partial charge in [0.15, 0.2) is 30.0 Å². The van der Waals surface area contributed by atoms with Crippen LogP contribution >= 0.6 is 7.82 Å². The molecule has 0 saturated carbocycles. The van der Waals surface area contributed by atoms with Gasteiger partial charge in [0.1, 0.15) is 12.2 Å². The molecule has 39 heavy (non-hydrogen) atoms. The summed E-state index contributed by atoms with van der Waals surface area (Å²) in [4.78, 5) is 61.1. The van der Waals surface area contributed by atoms with Crippen LogP contribution in [0.3, 0.4) is 0 Å². The van der Waals surface area contributed by atoms with Crippen molar-refractivity contribution in [1.29, 1.82) is 0 Å². The average molecular weight is 553 g/mol. The van der Waals surface area contributed by atoms with Crippen molar-refractivity contribution in [1.82, 2.24) is 4.90 Å². The van der Waals surface area contributed by atoms with Crippen molar-refractivity contribution in [2.45, 2.75) is 30.6 Å². The normalized spacial score (nSPS) is 31.3. The minimum absolute atomic E-state index is 0.0917. The van der Waals surface area contributed by atoms with Gasteiger partial charge in [-0.25, -0.2) is 9.36 Å². The van der Waals surface area contributed by atoms with Gasteiger partial charge in [-0.15, -0.1) is 0 Å². The van der Waals surface area contributed by atoms with Crippen molar-refractivity contribution in [2.24, 2.45) is 20.7 Å². The molecule has 0 bridgehead atoms. The second-order valence-corrected chi connectivity index (χ2v) is 10.3. The largest absolute Gasteiger partial charge is 0.472 e. The number of nitrogens with two attached hydrogens (primary N) is 1. The quantitative estimate of drug-likeness (QED) is 0.300. The highest BCUT2D eigenvalue weighted by atomic mass is 31.2. The molecule has 0 radical (unpaired) electrons. The van der Waals surface area contributed by atoms with E-state index in [1.165, 1.54) is 35.5 Å². The molecule has 3 N–H and O–H groups in total. The molecular formula is C24H20N5O9P. The number of rotatable bonds is 5. The van der Waals surface area contributed by atoms with Crippen LogP contribution in [0.4, 0.5) is 0 Å². The summed E-state index contributed by atoms with van der Waals surface area (Å²) in [6.45, 7) is -0.317. The zero-order valence-electron chi connectivity index (χ0n) is 19.9. The van der Waals surface area contributed by atoms with Crippen LogP contribution in [-0.4, -0.2) is 82.8 Å². The number of amides is 1. The molecule has 0 spiro atoms. The monoisotopic (exact) mass is 553 g/mol. The van der Waals surface area contributed by atoms with E-state index in [4.69, 9.17) is 24.3 Å². The van der Waals surface area contributed by atoms with Crippen molar-refractivity contribution in [3.05, 3.63) is 71.3 Å². The van der Waals surface area contributed by atoms with Crippen LogP contribution in [0.15, 0.2) is 69.6 Å². The Labute approximate surface area is 220 Å². The average Bonchev–Trinajstić information content (AvgIpc) is 3.49. The first kappa shape index (κ1) is 25.2. The Bertz CT molecular complexity index is 1490. The maximum Gasteiger partial charge on any atom is 0.472 e. The Morgan fingerprint density at radius 3 is 2.49 bits per heavy atom. The molecule has 200 valence electrons. The number of phosphoric ester groups is 1. The second-order valence-electron chi connectivity index (χ2n) is 8.89. The fourth-order valence-corrected chi connectivity index (χ4v) is 5.55. The minimum Gasteiger partial charge on any atom is -0.451 e. The highest BCUT2D eigenvalue weighted by Crippen LogP contribution is 2.52. The summed E-state index contributed by atoms with van der Waals surface area (Å²) in [5.41, 5.74) is 6.62. The zero-order chi connectivity index (χ0) is 27.3. The predicted octanol–water partition coefficient (Wildman–Crippen LogP) is 0.650. The molecule has 15 heteroatoms. The first-order valence-corrected chi connectivity index (χ1v) is 13.2. The smallest absolute Gasteiger partial charge is 0.451 e. The van der Waals surface area contributed by atoms with Crippen molar-refractivity contribution in [3.8, 4) is 0 Å². The van der Waals surface area contributed by atoms with E-state index < -0.39 is 50.3 Å². The lowest BCUT2D eigenvalue weighted by atomic mass is 10.0. The third kappa shape index (κ3) is 4.68. The number of guanidine groups is 1. The molecule has 2 fully saturated rings. The number of hydrogen-bond acceptors (Lipinski definition) is 12. The van der Waals surface area contributed by atoms with Crippen LogP contribution in [0, 0.1) is 0 Å². The summed E-state index contributed by atoms with van der Waals surface area (Å²) in [7, 11) is -4.45. The second kappa shape index (κ2) is 9.59. The van der Waals surface area contributed by atoms with Crippen molar-refractivity contribution < 1.29 is 42.4 Å². The van der Waals surface area contributed by atoms with Crippen LogP contribution in [0.2, 0.25) is 0 Å². The Balaban J connectivity index is 1.26. The molecule has 6 rings (SSSR count).